The van der Waals surface area contributed by atoms with Crippen molar-refractivity contribution in [3.63, 3.8) is 0 Å². The zero-order chi connectivity index (χ0) is 66.7. The van der Waals surface area contributed by atoms with Crippen LogP contribution in [0.4, 0.5) is 0 Å². The van der Waals surface area contributed by atoms with Gasteiger partial charge in [-0.25, -0.2) is 4.21 Å². The van der Waals surface area contributed by atoms with Gasteiger partial charge in [0, 0.05) is 149 Å². The molecule has 1 saturated heterocycles. The molecule has 4 amide bonds. The number of carbonyl (C=O) groups excluding carboxylic acids is 10. The number of carbonyl (C=O) groups is 14. The molecule has 5 N–H and O–H groups in total. The summed E-state index contributed by atoms with van der Waals surface area (Å²) in [5.41, 5.74) is 0. The zero-order valence-corrected chi connectivity index (χ0v) is 53.2. The van der Waals surface area contributed by atoms with Crippen molar-refractivity contribution in [1.29, 1.82) is 0 Å². The highest BCUT2D eigenvalue weighted by Gasteiger charge is 2.24. The van der Waals surface area contributed by atoms with E-state index >= 15 is 0 Å². The maximum Gasteiger partial charge on any atom is 0.316 e. The van der Waals surface area contributed by atoms with Gasteiger partial charge in [0.2, 0.25) is 32.9 Å². The zero-order valence-electron chi connectivity index (χ0n) is 50.9. The lowest BCUT2D eigenvalue weighted by atomic mass is 10.0. The van der Waals surface area contributed by atoms with Gasteiger partial charge in [0.25, 0.3) is 0 Å². The molecule has 1 aliphatic rings. The summed E-state index contributed by atoms with van der Waals surface area (Å²) in [5.74, 6) is -7.58. The van der Waals surface area contributed by atoms with E-state index in [9.17, 15) is 67.1 Å². The number of hydrogen-bond acceptors (Lipinski definition) is 20. The normalized spacial score (nSPS) is 13.1. The number of ether oxygens (including phenoxy) is 4. The number of nitrogens with zero attached hydrogens (tertiary/aromatic N) is 4. The Hall–Kier alpha value is -6.33. The first-order valence-corrected chi connectivity index (χ1v) is 27.8. The maximum absolute atomic E-state index is 11.3. The first kappa shape index (κ1) is 92.1. The van der Waals surface area contributed by atoms with Crippen molar-refractivity contribution in [2.75, 3.05) is 77.7 Å². The van der Waals surface area contributed by atoms with E-state index in [0.717, 1.165) is 7.11 Å². The number of esters is 6. The molecular formula is C51H92Cl2N4O24S. The molecule has 0 aliphatic carbocycles. The molecule has 28 nitrogen and oxygen atoms in total. The van der Waals surface area contributed by atoms with Crippen molar-refractivity contribution in [2.24, 2.45) is 35.5 Å². The number of rotatable bonds is 20. The molecule has 480 valence electrons. The van der Waals surface area contributed by atoms with Gasteiger partial charge in [-0.1, -0.05) is 41.5 Å². The Bertz CT molecular complexity index is 1960. The number of aliphatic hydroxyl groups excluding tert-OH is 1. The number of aliphatic hydroxyl groups is 1. The summed E-state index contributed by atoms with van der Waals surface area (Å²) in [6.07, 6.45) is 4.11. The average molecular weight is 1250 g/mol. The van der Waals surface area contributed by atoms with Crippen molar-refractivity contribution in [2.45, 2.75) is 132 Å². The van der Waals surface area contributed by atoms with Crippen LogP contribution in [-0.2, 0) is 95.3 Å². The Morgan fingerprint density at radius 3 is 1.09 bits per heavy atom. The Labute approximate surface area is 493 Å². The topological polar surface area (TPSA) is 407 Å². The minimum absolute atomic E-state index is 0.0174. The summed E-state index contributed by atoms with van der Waals surface area (Å²) in [5, 5.41) is 40.3. The molecule has 1 rings (SSSR count). The number of methoxy groups -OCH3 is 2. The van der Waals surface area contributed by atoms with Gasteiger partial charge in [0.1, 0.15) is 0 Å². The SMILES string of the molecule is CC(=O)OC(C)=O.CC(CCC(=O)N(C)C)C(=O)O.CC(CCC(=O)O)C(=O)N(C)C.CC(CCC(=O)O)C(=O)O.CC1CCC(=O)OC1=O.CO.COC(=O)C(C)CCC(=O)N(C)C.COC(=O)CCC(C)C(=O)N(C)C.O=S(Cl)Cl. The monoisotopic (exact) mass is 1250 g/mol. The Morgan fingerprint density at radius 2 is 0.854 bits per heavy atom. The lowest BCUT2D eigenvalue weighted by Gasteiger charge is -2.15. The predicted octanol–water partition coefficient (Wildman–Crippen LogP) is 4.28. The first-order valence-electron chi connectivity index (χ1n) is 25.0. The second-order valence-corrected chi connectivity index (χ2v) is 20.8. The van der Waals surface area contributed by atoms with Crippen LogP contribution in [0.2, 0.25) is 0 Å². The summed E-state index contributed by atoms with van der Waals surface area (Å²) in [7, 11) is 24.5. The van der Waals surface area contributed by atoms with Crippen LogP contribution in [0.1, 0.15) is 132 Å². The van der Waals surface area contributed by atoms with Gasteiger partial charge in [-0.2, -0.15) is 0 Å². The van der Waals surface area contributed by atoms with Crippen molar-refractivity contribution in [1.82, 2.24) is 19.6 Å². The molecule has 0 aromatic carbocycles. The summed E-state index contributed by atoms with van der Waals surface area (Å²) in [4.78, 5) is 153. The maximum atomic E-state index is 11.3. The molecule has 1 heterocycles. The van der Waals surface area contributed by atoms with Crippen LogP contribution in [0.3, 0.4) is 0 Å². The van der Waals surface area contributed by atoms with Crippen LogP contribution < -0.4 is 0 Å². The highest BCUT2D eigenvalue weighted by Crippen LogP contribution is 2.15. The first-order chi connectivity index (χ1) is 37.5. The number of halogens is 2. The predicted molar refractivity (Wildman–Crippen MR) is 301 cm³/mol. The molecule has 0 bridgehead atoms. The standard InChI is InChI=1S/2C9H17NO3.2C8H15NO3.C6H10O4.C6H8O3.C4H6O3.CH4O.Cl2OS/c1-7(9(12)10(2)3)5-6-8(11)13-4;1-7(9(12)13-4)5-6-8(11)10(2)3;1-6(4-5-7(10)11)8(12)9(2)3;1-6(8(11)12)4-5-7(10)9(2)3;1-4(6(9)10)2-3-5(7)8;1-4-2-3-5(7)9-6(4)8;1-3(5)7-4(2)6;1-2;1-4(2)3/h2*7H,5-6H2,1-4H3;6H,4-5H2,1-3H3,(H,10,11);6H,4-5H2,1-3H3,(H,11,12);4H,2-3H2,1H3,(H,7,8)(H,9,10);4H,2-3H2,1H3;1-2H3;2H,1H3;. The van der Waals surface area contributed by atoms with E-state index in [1.807, 2.05) is 6.92 Å². The van der Waals surface area contributed by atoms with E-state index in [1.165, 1.54) is 54.6 Å². The number of carboxylic acids is 4. The minimum Gasteiger partial charge on any atom is -0.481 e. The number of aliphatic carboxylic acids is 4. The van der Waals surface area contributed by atoms with Crippen molar-refractivity contribution in [3.05, 3.63) is 0 Å². The van der Waals surface area contributed by atoms with Crippen LogP contribution in [-0.4, -0.2) is 210 Å². The second-order valence-electron chi connectivity index (χ2n) is 18.3. The van der Waals surface area contributed by atoms with Crippen molar-refractivity contribution < 1.29 is 116 Å². The fourth-order valence-electron chi connectivity index (χ4n) is 4.86. The molecule has 0 aromatic heterocycles. The third kappa shape index (κ3) is 67.9. The Balaban J connectivity index is -0.000000128. The van der Waals surface area contributed by atoms with Gasteiger partial charge in [0.15, 0.2) is 0 Å². The molecule has 0 spiro atoms. The lowest BCUT2D eigenvalue weighted by Crippen LogP contribution is -2.28. The second kappa shape index (κ2) is 56.5. The molecular weight excluding hydrogens is 1160 g/mol. The Morgan fingerprint density at radius 1 is 0.549 bits per heavy atom. The third-order valence-electron chi connectivity index (χ3n) is 10.0. The highest BCUT2D eigenvalue weighted by atomic mass is 36.0. The van der Waals surface area contributed by atoms with Gasteiger partial charge in [-0.05, 0) is 38.5 Å². The van der Waals surface area contributed by atoms with Gasteiger partial charge in [0.05, 0.1) is 37.9 Å². The smallest absolute Gasteiger partial charge is 0.316 e. The largest absolute Gasteiger partial charge is 0.481 e. The molecule has 6 unspecified atom stereocenters. The molecule has 6 atom stereocenters. The van der Waals surface area contributed by atoms with E-state index in [-0.39, 0.29) is 84.5 Å². The lowest BCUT2D eigenvalue weighted by molar-refractivity contribution is -0.167. The quantitative estimate of drug-likeness (QED) is 0.0491. The van der Waals surface area contributed by atoms with E-state index in [4.69, 9.17) is 29.7 Å². The van der Waals surface area contributed by atoms with Gasteiger partial charge in [-0.15, -0.1) is 0 Å². The van der Waals surface area contributed by atoms with Crippen molar-refractivity contribution in [3.8, 4) is 0 Å². The summed E-state index contributed by atoms with van der Waals surface area (Å²) in [6.45, 7) is 12.5. The van der Waals surface area contributed by atoms with E-state index in [1.54, 1.807) is 84.1 Å². The Kier molecular flexibility index (Phi) is 63.5. The van der Waals surface area contributed by atoms with Crippen LogP contribution in [0, 0.1) is 35.5 Å². The molecule has 1 aliphatic heterocycles. The molecule has 1 fully saturated rings. The van der Waals surface area contributed by atoms with Gasteiger partial charge < -0.3 is 64.1 Å². The number of carboxylic acid groups (broad SMARTS) is 4. The van der Waals surface area contributed by atoms with E-state index in [2.05, 4.69) is 40.3 Å². The molecule has 31 heteroatoms. The fraction of sp³-hybridized carbons (Fsp3) is 0.725. The summed E-state index contributed by atoms with van der Waals surface area (Å²) in [6, 6.07) is 0. The van der Waals surface area contributed by atoms with Gasteiger partial charge in [-0.3, -0.25) is 67.1 Å². The average Bonchev–Trinajstić information content (AvgIpc) is 3.38. The highest BCUT2D eigenvalue weighted by molar-refractivity contribution is 8.26. The van der Waals surface area contributed by atoms with Gasteiger partial charge >= 0.3 is 59.7 Å². The minimum atomic E-state index is -1.67. The van der Waals surface area contributed by atoms with Crippen LogP contribution in [0.5, 0.6) is 0 Å². The summed E-state index contributed by atoms with van der Waals surface area (Å²) < 4.78 is 26.4. The van der Waals surface area contributed by atoms with Crippen LogP contribution in [0.15, 0.2) is 0 Å². The van der Waals surface area contributed by atoms with Crippen molar-refractivity contribution >= 4 is 114 Å². The number of cyclic esters (lactones) is 2. The molecule has 0 radical (unpaired) electrons. The van der Waals surface area contributed by atoms with E-state index in [0.29, 0.717) is 57.8 Å². The van der Waals surface area contributed by atoms with E-state index < -0.39 is 62.8 Å². The summed E-state index contributed by atoms with van der Waals surface area (Å²) >= 11 is 0. The number of hydrogen-bond donors (Lipinski definition) is 5. The number of amides is 4. The third-order valence-corrected chi connectivity index (χ3v) is 10.0. The van der Waals surface area contributed by atoms with Crippen LogP contribution in [0.25, 0.3) is 0 Å². The van der Waals surface area contributed by atoms with Crippen LogP contribution >= 0.6 is 21.4 Å². The molecule has 0 saturated carbocycles. The molecule has 82 heavy (non-hydrogen) atoms. The fourth-order valence-corrected chi connectivity index (χ4v) is 4.86. The molecule has 0 aromatic rings.